The quantitative estimate of drug-likeness (QED) is 0.220. The molecule has 1 spiro atoms. The summed E-state index contributed by atoms with van der Waals surface area (Å²) in [7, 11) is 0. The Bertz CT molecular complexity index is 1540. The molecule has 2 amide bonds. The summed E-state index contributed by atoms with van der Waals surface area (Å²) in [6.45, 7) is 0. The van der Waals surface area contributed by atoms with Gasteiger partial charge in [0.1, 0.15) is 0 Å². The first-order chi connectivity index (χ1) is 17.7. The molecular formula is C26H14ClFN2O7. The number of imide groups is 1. The third-order valence-electron chi connectivity index (χ3n) is 7.10. The molecule has 184 valence electrons. The van der Waals surface area contributed by atoms with Crippen molar-refractivity contribution in [2.75, 3.05) is 4.90 Å². The van der Waals surface area contributed by atoms with Crippen LogP contribution in [0, 0.1) is 27.8 Å². The van der Waals surface area contributed by atoms with E-state index in [2.05, 4.69) is 0 Å². The lowest BCUT2D eigenvalue weighted by Crippen LogP contribution is -2.51. The van der Waals surface area contributed by atoms with Crippen molar-refractivity contribution in [2.24, 2.45) is 11.8 Å². The van der Waals surface area contributed by atoms with Crippen LogP contribution in [0.2, 0.25) is 5.02 Å². The van der Waals surface area contributed by atoms with Gasteiger partial charge in [-0.3, -0.25) is 29.3 Å². The van der Waals surface area contributed by atoms with E-state index in [-0.39, 0.29) is 16.8 Å². The summed E-state index contributed by atoms with van der Waals surface area (Å²) in [6, 6.07) is 14.8. The molecule has 1 aliphatic carbocycles. The monoisotopic (exact) mass is 520 g/mol. The molecule has 9 nitrogen and oxygen atoms in total. The zero-order chi connectivity index (χ0) is 26.2. The Kier molecular flexibility index (Phi) is 4.91. The highest BCUT2D eigenvalue weighted by Gasteiger charge is 2.74. The first-order valence-corrected chi connectivity index (χ1v) is 11.5. The molecule has 0 bridgehead atoms. The maximum atomic E-state index is 14.0. The molecule has 3 unspecified atom stereocenters. The maximum absolute atomic E-state index is 14.0. The molecule has 2 fully saturated rings. The number of benzene rings is 3. The fraction of sp³-hybridized carbons (Fsp3) is 0.154. The lowest BCUT2D eigenvalue weighted by molar-refractivity contribution is -0.387. The van der Waals surface area contributed by atoms with E-state index in [0.717, 1.165) is 18.2 Å². The number of hydrogen-bond acceptors (Lipinski definition) is 7. The molecule has 2 saturated heterocycles. The lowest BCUT2D eigenvalue weighted by atomic mass is 9.77. The summed E-state index contributed by atoms with van der Waals surface area (Å²) in [6.07, 6.45) is -1.18. The summed E-state index contributed by atoms with van der Waals surface area (Å²) in [5.74, 6) is -7.26. The predicted octanol–water partition coefficient (Wildman–Crippen LogP) is 4.08. The van der Waals surface area contributed by atoms with Crippen LogP contribution in [-0.2, 0) is 14.3 Å². The van der Waals surface area contributed by atoms with Crippen LogP contribution in [0.15, 0.2) is 66.7 Å². The van der Waals surface area contributed by atoms with Crippen LogP contribution in [0.1, 0.15) is 32.4 Å². The van der Waals surface area contributed by atoms with Crippen LogP contribution >= 0.6 is 11.6 Å². The smallest absolute Gasteiger partial charge is 0.306 e. The molecular weight excluding hydrogens is 507 g/mol. The molecule has 0 aromatic heterocycles. The lowest BCUT2D eigenvalue weighted by Gasteiger charge is -2.27. The fourth-order valence-corrected chi connectivity index (χ4v) is 5.63. The number of halogens is 2. The maximum Gasteiger partial charge on any atom is 0.306 e. The summed E-state index contributed by atoms with van der Waals surface area (Å²) in [5, 5.41) is 11.7. The van der Waals surface area contributed by atoms with Crippen LogP contribution in [0.5, 0.6) is 0 Å². The van der Waals surface area contributed by atoms with Gasteiger partial charge in [0.25, 0.3) is 0 Å². The van der Waals surface area contributed by atoms with Crippen LogP contribution in [0.4, 0.5) is 15.8 Å². The number of ether oxygens (including phenoxy) is 1. The number of hydrogen-bond donors (Lipinski definition) is 0. The number of nitrogens with zero attached hydrogens (tertiary/aromatic N) is 2. The summed E-state index contributed by atoms with van der Waals surface area (Å²) >= 11 is 6.00. The molecule has 2 aliphatic heterocycles. The van der Waals surface area contributed by atoms with Crippen LogP contribution in [-0.4, -0.2) is 33.9 Å². The van der Waals surface area contributed by atoms with Crippen molar-refractivity contribution in [3.05, 3.63) is 104 Å². The summed E-state index contributed by atoms with van der Waals surface area (Å²) in [5.41, 5.74) is -2.94. The Labute approximate surface area is 212 Å². The van der Waals surface area contributed by atoms with Gasteiger partial charge in [-0.1, -0.05) is 48.0 Å². The number of fused-ring (bicyclic) bond motifs is 3. The number of carbonyl (C=O) groups is 4. The average molecular weight is 521 g/mol. The normalized spacial score (nSPS) is 23.6. The number of nitro groups is 1. The van der Waals surface area contributed by atoms with Gasteiger partial charge in [0.15, 0.2) is 0 Å². The van der Waals surface area contributed by atoms with Gasteiger partial charge in [-0.15, -0.1) is 0 Å². The Morgan fingerprint density at radius 2 is 1.54 bits per heavy atom. The average Bonchev–Trinajstić information content (AvgIpc) is 3.45. The third-order valence-corrected chi connectivity index (χ3v) is 7.35. The second-order valence-corrected chi connectivity index (χ2v) is 9.37. The number of ketones is 2. The molecule has 0 N–H and O–H groups in total. The third kappa shape index (κ3) is 3.00. The van der Waals surface area contributed by atoms with E-state index >= 15 is 0 Å². The standard InChI is InChI=1S/C26H14ClFN2O7/c27-13-7-5-12(6-8-13)21-19-20(26(37-21)22(31)15-3-1-2-4-16(15)23(26)32)25(34)29(24(19)33)14-9-10-17(28)18(11-14)30(35)36/h1-11,19-21H. The van der Waals surface area contributed by atoms with E-state index in [1.54, 1.807) is 24.3 Å². The van der Waals surface area contributed by atoms with E-state index < -0.39 is 63.3 Å². The van der Waals surface area contributed by atoms with Crippen molar-refractivity contribution >= 4 is 46.4 Å². The first-order valence-electron chi connectivity index (χ1n) is 11.1. The van der Waals surface area contributed by atoms with Gasteiger partial charge < -0.3 is 4.74 Å². The van der Waals surface area contributed by atoms with E-state index in [0.29, 0.717) is 15.5 Å². The van der Waals surface area contributed by atoms with Crippen LogP contribution < -0.4 is 4.90 Å². The minimum Gasteiger partial charge on any atom is -0.349 e. The number of nitro benzene ring substituents is 1. The largest absolute Gasteiger partial charge is 0.349 e. The zero-order valence-corrected chi connectivity index (χ0v) is 19.3. The molecule has 0 radical (unpaired) electrons. The highest BCUT2D eigenvalue weighted by atomic mass is 35.5. The molecule has 37 heavy (non-hydrogen) atoms. The van der Waals surface area contributed by atoms with Gasteiger partial charge in [-0.05, 0) is 29.8 Å². The zero-order valence-electron chi connectivity index (χ0n) is 18.6. The highest BCUT2D eigenvalue weighted by molar-refractivity contribution is 6.37. The summed E-state index contributed by atoms with van der Waals surface area (Å²) < 4.78 is 20.1. The van der Waals surface area contributed by atoms with Crippen molar-refractivity contribution in [3.63, 3.8) is 0 Å². The van der Waals surface area contributed by atoms with Gasteiger partial charge in [0.2, 0.25) is 34.8 Å². The van der Waals surface area contributed by atoms with Crippen molar-refractivity contribution in [1.82, 2.24) is 0 Å². The van der Waals surface area contributed by atoms with E-state index in [9.17, 15) is 33.7 Å². The SMILES string of the molecule is O=C1C2C(c3ccc(Cl)cc3)OC3(C(=O)c4ccccc4C3=O)C2C(=O)N1c1ccc(F)c([N+](=O)[O-])c1. The highest BCUT2D eigenvalue weighted by Crippen LogP contribution is 2.57. The van der Waals surface area contributed by atoms with Gasteiger partial charge >= 0.3 is 5.69 Å². The number of carbonyl (C=O) groups excluding carboxylic acids is 4. The second kappa shape index (κ2) is 7.86. The molecule has 3 atom stereocenters. The van der Waals surface area contributed by atoms with Crippen molar-refractivity contribution in [1.29, 1.82) is 0 Å². The number of amides is 2. The molecule has 3 aliphatic rings. The Morgan fingerprint density at radius 1 is 0.919 bits per heavy atom. The Morgan fingerprint density at radius 3 is 2.14 bits per heavy atom. The molecule has 6 rings (SSSR count). The molecule has 0 saturated carbocycles. The van der Waals surface area contributed by atoms with Gasteiger partial charge in [-0.25, -0.2) is 4.90 Å². The minimum atomic E-state index is -2.30. The fourth-order valence-electron chi connectivity index (χ4n) is 5.51. The predicted molar refractivity (Wildman–Crippen MR) is 126 cm³/mol. The second-order valence-electron chi connectivity index (χ2n) is 8.94. The topological polar surface area (TPSA) is 124 Å². The Hall–Kier alpha value is -4.28. The summed E-state index contributed by atoms with van der Waals surface area (Å²) in [4.78, 5) is 66.0. The Balaban J connectivity index is 1.54. The molecule has 11 heteroatoms. The van der Waals surface area contributed by atoms with Crippen LogP contribution in [0.3, 0.4) is 0 Å². The van der Waals surface area contributed by atoms with Gasteiger partial charge in [0, 0.05) is 22.2 Å². The van der Waals surface area contributed by atoms with E-state index in [1.165, 1.54) is 24.3 Å². The molecule has 3 aromatic carbocycles. The van der Waals surface area contributed by atoms with Crippen LogP contribution in [0.25, 0.3) is 0 Å². The molecule has 2 heterocycles. The number of anilines is 1. The molecule has 3 aromatic rings. The van der Waals surface area contributed by atoms with Gasteiger partial charge in [-0.2, -0.15) is 4.39 Å². The van der Waals surface area contributed by atoms with E-state index in [4.69, 9.17) is 16.3 Å². The van der Waals surface area contributed by atoms with Crippen molar-refractivity contribution < 1.29 is 33.2 Å². The van der Waals surface area contributed by atoms with Gasteiger partial charge in [0.05, 0.1) is 28.6 Å². The first kappa shape index (κ1) is 23.1. The minimum absolute atomic E-state index is 0.0686. The van der Waals surface area contributed by atoms with Crippen molar-refractivity contribution in [2.45, 2.75) is 11.7 Å². The number of Topliss-reactive ketones (excluding diaryl/α,β-unsaturated/α-hetero) is 2. The van der Waals surface area contributed by atoms with E-state index in [1.807, 2.05) is 0 Å². The van der Waals surface area contributed by atoms with Crippen molar-refractivity contribution in [3.8, 4) is 0 Å². The number of rotatable bonds is 3.